The van der Waals surface area contributed by atoms with E-state index in [2.05, 4.69) is 293 Å². The van der Waals surface area contributed by atoms with Gasteiger partial charge in [-0.25, -0.2) is 9.97 Å². The van der Waals surface area contributed by atoms with E-state index in [1.807, 2.05) is 6.07 Å². The topological polar surface area (TPSA) is 53.7 Å². The van der Waals surface area contributed by atoms with Gasteiger partial charge in [0, 0.05) is 76.9 Å². The molecule has 382 valence electrons. The Labute approximate surface area is 471 Å². The maximum atomic E-state index is 6.95. The van der Waals surface area contributed by atoms with Gasteiger partial charge in [0.2, 0.25) is 0 Å². The van der Waals surface area contributed by atoms with Gasteiger partial charge in [0.1, 0.15) is 11.2 Å². The van der Waals surface area contributed by atoms with Crippen LogP contribution in [0.25, 0.3) is 161 Å². The molecule has 0 fully saturated rings. The highest BCUT2D eigenvalue weighted by atomic mass is 16.3. The second-order valence-electron chi connectivity index (χ2n) is 21.2. The number of hydrogen-bond donors (Lipinski definition) is 0. The van der Waals surface area contributed by atoms with Crippen LogP contribution >= 0.6 is 0 Å². The number of benzene rings is 12. The smallest absolute Gasteiger partial charge is 0.160 e. The Balaban J connectivity index is 1.02. The Morgan fingerprint density at radius 2 is 0.695 bits per heavy atom. The normalized spacial score (nSPS) is 11.9. The molecule has 82 heavy (non-hydrogen) atoms. The predicted octanol–water partition coefficient (Wildman–Crippen LogP) is 20.0. The lowest BCUT2D eigenvalue weighted by Gasteiger charge is -2.22. The van der Waals surface area contributed by atoms with Crippen LogP contribution in [0.5, 0.6) is 0 Å². The van der Waals surface area contributed by atoms with Crippen molar-refractivity contribution in [3.63, 3.8) is 0 Å². The minimum Gasteiger partial charge on any atom is -0.455 e. The molecule has 0 aliphatic carbocycles. The van der Waals surface area contributed by atoms with Crippen LogP contribution in [0, 0.1) is 0 Å². The zero-order chi connectivity index (χ0) is 53.8. The fraction of sp³-hybridized carbons (Fsp3) is 0. The third-order valence-corrected chi connectivity index (χ3v) is 16.6. The van der Waals surface area contributed by atoms with Crippen LogP contribution in [0.1, 0.15) is 0 Å². The third-order valence-electron chi connectivity index (χ3n) is 16.6. The van der Waals surface area contributed by atoms with Gasteiger partial charge in [0.25, 0.3) is 0 Å². The largest absolute Gasteiger partial charge is 0.455 e. The monoisotopic (exact) mass is 1050 g/mol. The van der Waals surface area contributed by atoms with Crippen molar-refractivity contribution in [1.29, 1.82) is 0 Å². The number of rotatable bonds is 8. The van der Waals surface area contributed by atoms with E-state index in [-0.39, 0.29) is 0 Å². The van der Waals surface area contributed by atoms with Gasteiger partial charge in [-0.15, -0.1) is 0 Å². The van der Waals surface area contributed by atoms with Crippen molar-refractivity contribution in [2.45, 2.75) is 0 Å². The van der Waals surface area contributed by atoms with Gasteiger partial charge in [-0.1, -0.05) is 194 Å². The molecule has 0 amide bonds. The van der Waals surface area contributed by atoms with Crippen molar-refractivity contribution in [1.82, 2.24) is 23.7 Å². The summed E-state index contributed by atoms with van der Waals surface area (Å²) in [4.78, 5) is 10.8. The summed E-state index contributed by atoms with van der Waals surface area (Å²) >= 11 is 0. The average molecular weight is 1050 g/mol. The van der Waals surface area contributed by atoms with Gasteiger partial charge >= 0.3 is 0 Å². The molecule has 0 N–H and O–H groups in total. The zero-order valence-electron chi connectivity index (χ0n) is 44.3. The van der Waals surface area contributed by atoms with Crippen molar-refractivity contribution in [3.05, 3.63) is 285 Å². The molecule has 0 bridgehead atoms. The highest BCUT2D eigenvalue weighted by molar-refractivity contribution is 6.24. The zero-order valence-corrected chi connectivity index (χ0v) is 44.3. The minimum absolute atomic E-state index is 0.656. The van der Waals surface area contributed by atoms with Gasteiger partial charge in [-0.3, -0.25) is 0 Å². The van der Waals surface area contributed by atoms with E-state index in [0.29, 0.717) is 5.82 Å². The van der Waals surface area contributed by atoms with E-state index in [4.69, 9.17) is 14.4 Å². The van der Waals surface area contributed by atoms with Crippen LogP contribution in [0.15, 0.2) is 290 Å². The van der Waals surface area contributed by atoms with E-state index in [1.165, 1.54) is 21.5 Å². The molecule has 0 atom stereocenters. The summed E-state index contributed by atoms with van der Waals surface area (Å²) in [5.41, 5.74) is 20.3. The Hall–Kier alpha value is -11.1. The summed E-state index contributed by atoms with van der Waals surface area (Å²) in [5, 5.41) is 9.22. The number of furan rings is 1. The van der Waals surface area contributed by atoms with Gasteiger partial charge in [0.05, 0.1) is 55.6 Å². The van der Waals surface area contributed by atoms with Gasteiger partial charge in [-0.05, 0) is 102 Å². The number of aromatic nitrogens is 5. The SMILES string of the molecule is c1ccc(-c2cc(-c3cc(-c4cccc(-n5c6ccccc6c6ccccc65)c4)c(-n4c5ccccc5c5c6oc7ccccc7c6ccc54)c(-c4cccc(-n5c6ccccc6c6ccccc65)c4)c3)nc(-c3ccccc3)n2)cc1. The Kier molecular flexibility index (Phi) is 10.2. The molecule has 0 unspecified atom stereocenters. The molecule has 17 rings (SSSR count). The molecule has 0 saturated carbocycles. The quantitative estimate of drug-likeness (QED) is 0.152. The number of fused-ring (bicyclic) bond motifs is 13. The first-order valence-electron chi connectivity index (χ1n) is 27.9. The highest BCUT2D eigenvalue weighted by Crippen LogP contribution is 2.48. The predicted molar refractivity (Wildman–Crippen MR) is 340 cm³/mol. The maximum absolute atomic E-state index is 6.95. The summed E-state index contributed by atoms with van der Waals surface area (Å²) in [7, 11) is 0. The van der Waals surface area contributed by atoms with E-state index in [9.17, 15) is 0 Å². The molecule has 0 saturated heterocycles. The summed E-state index contributed by atoms with van der Waals surface area (Å²) in [6, 6.07) is 103. The lowest BCUT2D eigenvalue weighted by Crippen LogP contribution is -2.04. The molecule has 0 aliphatic heterocycles. The molecule has 0 aliphatic rings. The first-order valence-corrected chi connectivity index (χ1v) is 27.9. The van der Waals surface area contributed by atoms with E-state index in [1.54, 1.807) is 0 Å². The number of nitrogens with zero attached hydrogens (tertiary/aromatic N) is 5. The molecule has 0 radical (unpaired) electrons. The van der Waals surface area contributed by atoms with Crippen LogP contribution in [-0.4, -0.2) is 23.7 Å². The van der Waals surface area contributed by atoms with Crippen LogP contribution in [0.3, 0.4) is 0 Å². The van der Waals surface area contributed by atoms with Crippen molar-refractivity contribution in [3.8, 4) is 73.2 Å². The van der Waals surface area contributed by atoms with E-state index >= 15 is 0 Å². The molecule has 6 nitrogen and oxygen atoms in total. The van der Waals surface area contributed by atoms with Gasteiger partial charge in [0.15, 0.2) is 5.82 Å². The van der Waals surface area contributed by atoms with Crippen molar-refractivity contribution in [2.24, 2.45) is 0 Å². The van der Waals surface area contributed by atoms with Crippen LogP contribution in [-0.2, 0) is 0 Å². The number of hydrogen-bond acceptors (Lipinski definition) is 3. The van der Waals surface area contributed by atoms with Crippen molar-refractivity contribution in [2.75, 3.05) is 0 Å². The molecular weight excluding hydrogens is 999 g/mol. The Morgan fingerprint density at radius 1 is 0.268 bits per heavy atom. The minimum atomic E-state index is 0.656. The second-order valence-corrected chi connectivity index (χ2v) is 21.2. The highest BCUT2D eigenvalue weighted by Gasteiger charge is 2.26. The van der Waals surface area contributed by atoms with Gasteiger partial charge in [-0.2, -0.15) is 0 Å². The second kappa shape index (κ2) is 18.2. The molecule has 6 heteroatoms. The fourth-order valence-electron chi connectivity index (χ4n) is 13.0. The summed E-state index contributed by atoms with van der Waals surface area (Å²) in [5.74, 6) is 0.656. The van der Waals surface area contributed by atoms with Crippen LogP contribution < -0.4 is 0 Å². The third kappa shape index (κ3) is 7.08. The van der Waals surface area contributed by atoms with E-state index < -0.39 is 0 Å². The molecular formula is C76H47N5O. The first-order chi connectivity index (χ1) is 40.7. The Bertz CT molecular complexity index is 5070. The maximum Gasteiger partial charge on any atom is 0.160 e. The molecule has 12 aromatic carbocycles. The van der Waals surface area contributed by atoms with Crippen LogP contribution in [0.2, 0.25) is 0 Å². The fourth-order valence-corrected chi connectivity index (χ4v) is 13.0. The lowest BCUT2D eigenvalue weighted by atomic mass is 9.91. The molecule has 5 heterocycles. The first kappa shape index (κ1) is 45.9. The summed E-state index contributed by atoms with van der Waals surface area (Å²) < 4.78 is 14.3. The van der Waals surface area contributed by atoms with E-state index in [0.717, 1.165) is 133 Å². The average Bonchev–Trinajstić information content (AvgIpc) is 4.34. The summed E-state index contributed by atoms with van der Waals surface area (Å²) in [6.07, 6.45) is 0. The van der Waals surface area contributed by atoms with Crippen molar-refractivity contribution >= 4 is 87.4 Å². The lowest BCUT2D eigenvalue weighted by molar-refractivity contribution is 0.673. The molecule has 17 aromatic rings. The summed E-state index contributed by atoms with van der Waals surface area (Å²) in [6.45, 7) is 0. The van der Waals surface area contributed by atoms with Crippen molar-refractivity contribution < 1.29 is 4.42 Å². The Morgan fingerprint density at radius 3 is 1.23 bits per heavy atom. The molecule has 5 aromatic heterocycles. The standard InChI is InChI=1S/C76H47N5O/c1-3-21-48(22-4-1)64-47-65(78-76(77-64)49-23-5-2-6-24-49)52-45-62(50-25-19-27-53(43-50)79-66-35-13-7-29-55(66)56-30-8-14-36-67(56)79)74(81-70-39-17-11-34-61(70)73-71(81)42-41-60-59-33-12-18-40-72(59)82-75(60)73)63(46-52)51-26-20-28-54(44-51)80-68-37-15-9-31-57(68)58-32-10-16-38-69(58)80/h1-47H. The molecule has 0 spiro atoms. The number of para-hydroxylation sites is 6. The van der Waals surface area contributed by atoms with Crippen LogP contribution in [0.4, 0.5) is 0 Å². The van der Waals surface area contributed by atoms with Gasteiger partial charge < -0.3 is 18.1 Å².